The number of nitrogens with zero attached hydrogens (tertiary/aromatic N) is 2. The molecule has 0 aliphatic carbocycles. The number of benzene rings is 1. The number of para-hydroxylation sites is 1. The van der Waals surface area contributed by atoms with Gasteiger partial charge in [0.05, 0.1) is 12.2 Å². The van der Waals surface area contributed by atoms with Crippen LogP contribution < -0.4 is 10.2 Å². The van der Waals surface area contributed by atoms with Crippen molar-refractivity contribution in [1.29, 1.82) is 0 Å². The molecule has 0 fully saturated rings. The van der Waals surface area contributed by atoms with Gasteiger partial charge in [-0.3, -0.25) is 4.98 Å². The van der Waals surface area contributed by atoms with E-state index in [2.05, 4.69) is 52.5 Å². The van der Waals surface area contributed by atoms with Gasteiger partial charge in [0.25, 0.3) is 0 Å². The Kier molecular flexibility index (Phi) is 4.18. The van der Waals surface area contributed by atoms with Crippen LogP contribution in [0.3, 0.4) is 0 Å². The first-order chi connectivity index (χ1) is 8.83. The van der Waals surface area contributed by atoms with Crippen molar-refractivity contribution in [1.82, 2.24) is 4.98 Å². The van der Waals surface area contributed by atoms with Gasteiger partial charge < -0.3 is 10.2 Å². The molecule has 0 amide bonds. The van der Waals surface area contributed by atoms with Crippen LogP contribution in [0, 0.1) is 0 Å². The van der Waals surface area contributed by atoms with Crippen LogP contribution in [0.4, 0.5) is 11.4 Å². The van der Waals surface area contributed by atoms with Gasteiger partial charge in [-0.15, -0.1) is 0 Å². The predicted octanol–water partition coefficient (Wildman–Crippen LogP) is 3.15. The molecule has 0 aliphatic heterocycles. The number of nitrogens with one attached hydrogen (secondary N) is 1. The van der Waals surface area contributed by atoms with E-state index in [1.807, 2.05) is 25.4 Å². The van der Waals surface area contributed by atoms with Crippen LogP contribution >= 0.6 is 0 Å². The minimum atomic E-state index is 0.829. The maximum absolute atomic E-state index is 4.42. The van der Waals surface area contributed by atoms with Gasteiger partial charge in [0.1, 0.15) is 0 Å². The summed E-state index contributed by atoms with van der Waals surface area (Å²) < 4.78 is 0. The molecule has 1 heterocycles. The van der Waals surface area contributed by atoms with E-state index in [1.54, 1.807) is 0 Å². The van der Waals surface area contributed by atoms with E-state index in [-0.39, 0.29) is 0 Å². The Bertz CT molecular complexity index is 482. The monoisotopic (exact) mass is 241 g/mol. The molecule has 18 heavy (non-hydrogen) atoms. The first-order valence-electron chi connectivity index (χ1n) is 6.26. The highest BCUT2D eigenvalue weighted by Crippen LogP contribution is 2.16. The highest BCUT2D eigenvalue weighted by molar-refractivity contribution is 5.48. The van der Waals surface area contributed by atoms with Crippen LogP contribution in [0.2, 0.25) is 0 Å². The largest absolute Gasteiger partial charge is 0.388 e. The molecular formula is C15H19N3. The van der Waals surface area contributed by atoms with Gasteiger partial charge >= 0.3 is 0 Å². The van der Waals surface area contributed by atoms with Gasteiger partial charge in [0.2, 0.25) is 0 Å². The van der Waals surface area contributed by atoms with E-state index in [0.29, 0.717) is 0 Å². The fourth-order valence-electron chi connectivity index (χ4n) is 1.94. The molecule has 94 valence electrons. The summed E-state index contributed by atoms with van der Waals surface area (Å²) in [5, 5.41) is 3.14. The van der Waals surface area contributed by atoms with E-state index in [4.69, 9.17) is 0 Å². The molecule has 0 atom stereocenters. The number of pyridine rings is 1. The fourth-order valence-corrected chi connectivity index (χ4v) is 1.94. The van der Waals surface area contributed by atoms with Gasteiger partial charge in [-0.2, -0.15) is 0 Å². The van der Waals surface area contributed by atoms with E-state index in [1.165, 1.54) is 5.69 Å². The van der Waals surface area contributed by atoms with Crippen LogP contribution in [-0.2, 0) is 6.54 Å². The molecule has 2 aromatic rings. The Labute approximate surface area is 108 Å². The van der Waals surface area contributed by atoms with Crippen molar-refractivity contribution >= 4 is 11.4 Å². The van der Waals surface area contributed by atoms with Gasteiger partial charge in [0.15, 0.2) is 0 Å². The minimum Gasteiger partial charge on any atom is -0.388 e. The molecule has 0 bridgehead atoms. The highest BCUT2D eigenvalue weighted by atomic mass is 15.1. The second-order valence-corrected chi connectivity index (χ2v) is 4.14. The molecule has 0 saturated carbocycles. The average Bonchev–Trinajstić information content (AvgIpc) is 2.46. The minimum absolute atomic E-state index is 0.829. The average molecular weight is 241 g/mol. The molecule has 0 aliphatic rings. The van der Waals surface area contributed by atoms with Crippen molar-refractivity contribution in [3.63, 3.8) is 0 Å². The fraction of sp³-hybridized carbons (Fsp3) is 0.267. The number of hydrogen-bond acceptors (Lipinski definition) is 3. The third-order valence-corrected chi connectivity index (χ3v) is 2.96. The summed E-state index contributed by atoms with van der Waals surface area (Å²) in [7, 11) is 1.92. The molecule has 3 heteroatoms. The Morgan fingerprint density at radius 2 is 1.94 bits per heavy atom. The molecule has 0 saturated heterocycles. The predicted molar refractivity (Wildman–Crippen MR) is 76.9 cm³/mol. The molecule has 0 unspecified atom stereocenters. The summed E-state index contributed by atoms with van der Waals surface area (Å²) in [6, 6.07) is 14.5. The number of rotatable bonds is 5. The molecule has 0 spiro atoms. The van der Waals surface area contributed by atoms with Crippen LogP contribution in [-0.4, -0.2) is 18.6 Å². The second-order valence-electron chi connectivity index (χ2n) is 4.14. The topological polar surface area (TPSA) is 28.2 Å². The Morgan fingerprint density at radius 1 is 1.17 bits per heavy atom. The third kappa shape index (κ3) is 3.00. The lowest BCUT2D eigenvalue weighted by atomic mass is 10.2. The molecular weight excluding hydrogens is 222 g/mol. The standard InChI is InChI=1S/C15H19N3/c1-3-18(15-7-5-4-6-8-15)12-14-11-13(16-2)9-10-17-14/h4-11H,3,12H2,1-2H3,(H,16,17). The Morgan fingerprint density at radius 3 is 2.61 bits per heavy atom. The molecule has 1 aromatic carbocycles. The Hall–Kier alpha value is -2.03. The highest BCUT2D eigenvalue weighted by Gasteiger charge is 2.05. The molecule has 0 radical (unpaired) electrons. The smallest absolute Gasteiger partial charge is 0.0617 e. The van der Waals surface area contributed by atoms with Crippen molar-refractivity contribution in [2.24, 2.45) is 0 Å². The van der Waals surface area contributed by atoms with Crippen molar-refractivity contribution < 1.29 is 0 Å². The maximum Gasteiger partial charge on any atom is 0.0617 e. The molecule has 3 nitrogen and oxygen atoms in total. The van der Waals surface area contributed by atoms with Gasteiger partial charge in [-0.05, 0) is 31.2 Å². The zero-order chi connectivity index (χ0) is 12.8. The third-order valence-electron chi connectivity index (χ3n) is 2.96. The van der Waals surface area contributed by atoms with Crippen molar-refractivity contribution in [2.45, 2.75) is 13.5 Å². The van der Waals surface area contributed by atoms with Gasteiger partial charge in [-0.1, -0.05) is 18.2 Å². The lowest BCUT2D eigenvalue weighted by Crippen LogP contribution is -2.22. The molecule has 1 aromatic heterocycles. The number of hydrogen-bond donors (Lipinski definition) is 1. The SMILES string of the molecule is CCN(Cc1cc(NC)ccn1)c1ccccc1. The molecule has 2 rings (SSSR count). The summed E-state index contributed by atoms with van der Waals surface area (Å²) in [6.45, 7) is 3.96. The normalized spacial score (nSPS) is 10.1. The lowest BCUT2D eigenvalue weighted by Gasteiger charge is -2.22. The lowest BCUT2D eigenvalue weighted by molar-refractivity contribution is 0.810. The zero-order valence-electron chi connectivity index (χ0n) is 10.9. The summed E-state index contributed by atoms with van der Waals surface area (Å²) in [5.74, 6) is 0. The van der Waals surface area contributed by atoms with E-state index in [9.17, 15) is 0 Å². The van der Waals surface area contributed by atoms with Gasteiger partial charge in [-0.25, -0.2) is 0 Å². The summed E-state index contributed by atoms with van der Waals surface area (Å²) >= 11 is 0. The maximum atomic E-state index is 4.42. The zero-order valence-corrected chi connectivity index (χ0v) is 10.9. The molecule has 1 N–H and O–H groups in total. The first-order valence-corrected chi connectivity index (χ1v) is 6.26. The van der Waals surface area contributed by atoms with Crippen molar-refractivity contribution in [2.75, 3.05) is 23.8 Å². The number of anilines is 2. The number of aromatic nitrogens is 1. The van der Waals surface area contributed by atoms with Crippen LogP contribution in [0.1, 0.15) is 12.6 Å². The summed E-state index contributed by atoms with van der Waals surface area (Å²) in [6.07, 6.45) is 1.85. The van der Waals surface area contributed by atoms with E-state index < -0.39 is 0 Å². The first kappa shape index (κ1) is 12.4. The summed E-state index contributed by atoms with van der Waals surface area (Å²) in [4.78, 5) is 6.73. The van der Waals surface area contributed by atoms with Crippen molar-refractivity contribution in [3.8, 4) is 0 Å². The second kappa shape index (κ2) is 6.05. The van der Waals surface area contributed by atoms with E-state index >= 15 is 0 Å². The van der Waals surface area contributed by atoms with Crippen LogP contribution in [0.5, 0.6) is 0 Å². The quantitative estimate of drug-likeness (QED) is 0.871. The Balaban J connectivity index is 2.15. The summed E-state index contributed by atoms with van der Waals surface area (Å²) in [5.41, 5.74) is 3.41. The van der Waals surface area contributed by atoms with Crippen molar-refractivity contribution in [3.05, 3.63) is 54.4 Å². The van der Waals surface area contributed by atoms with Gasteiger partial charge in [0, 0.05) is 31.2 Å². The van der Waals surface area contributed by atoms with Crippen LogP contribution in [0.25, 0.3) is 0 Å². The van der Waals surface area contributed by atoms with Crippen LogP contribution in [0.15, 0.2) is 48.7 Å². The van der Waals surface area contributed by atoms with E-state index in [0.717, 1.165) is 24.5 Å².